The molecule has 5 nitrogen and oxygen atoms in total. The molecule has 0 saturated carbocycles. The summed E-state index contributed by atoms with van der Waals surface area (Å²) in [6.07, 6.45) is 3.78. The van der Waals surface area contributed by atoms with E-state index in [1.807, 2.05) is 13.8 Å². The van der Waals surface area contributed by atoms with Crippen LogP contribution in [0.4, 0.5) is 0 Å². The van der Waals surface area contributed by atoms with E-state index in [1.165, 1.54) is 6.20 Å². The third kappa shape index (κ3) is 2.57. The molecule has 19 heavy (non-hydrogen) atoms. The SMILES string of the molecule is COc1cnn(C(C)C)c1C(O)c1ccncc1Cl. The van der Waals surface area contributed by atoms with Crippen LogP contribution in [-0.4, -0.2) is 27.0 Å². The van der Waals surface area contributed by atoms with Gasteiger partial charge in [0, 0.05) is 24.0 Å². The van der Waals surface area contributed by atoms with Crippen molar-refractivity contribution in [3.63, 3.8) is 0 Å². The topological polar surface area (TPSA) is 60.2 Å². The van der Waals surface area contributed by atoms with Crippen LogP contribution >= 0.6 is 11.6 Å². The molecule has 6 heteroatoms. The van der Waals surface area contributed by atoms with Crippen molar-refractivity contribution < 1.29 is 9.84 Å². The maximum Gasteiger partial charge on any atom is 0.163 e. The first-order valence-electron chi connectivity index (χ1n) is 5.95. The number of hydrogen-bond acceptors (Lipinski definition) is 4. The minimum Gasteiger partial charge on any atom is -0.493 e. The molecular weight excluding hydrogens is 266 g/mol. The van der Waals surface area contributed by atoms with E-state index in [4.69, 9.17) is 16.3 Å². The summed E-state index contributed by atoms with van der Waals surface area (Å²) in [5.74, 6) is 0.536. The van der Waals surface area contributed by atoms with Gasteiger partial charge in [-0.1, -0.05) is 11.6 Å². The van der Waals surface area contributed by atoms with Crippen LogP contribution in [0.1, 0.15) is 37.3 Å². The molecule has 2 rings (SSSR count). The normalized spacial score (nSPS) is 12.7. The zero-order valence-corrected chi connectivity index (χ0v) is 11.8. The van der Waals surface area contributed by atoms with Crippen molar-refractivity contribution in [2.24, 2.45) is 0 Å². The third-order valence-corrected chi connectivity index (χ3v) is 3.18. The Balaban J connectivity index is 2.52. The van der Waals surface area contributed by atoms with Gasteiger partial charge in [0.25, 0.3) is 0 Å². The van der Waals surface area contributed by atoms with Crippen LogP contribution in [0.3, 0.4) is 0 Å². The number of aliphatic hydroxyl groups is 1. The van der Waals surface area contributed by atoms with Crippen molar-refractivity contribution >= 4 is 11.6 Å². The Bertz CT molecular complexity index is 569. The summed E-state index contributed by atoms with van der Waals surface area (Å²) in [6.45, 7) is 3.97. The minimum atomic E-state index is -0.907. The molecule has 0 radical (unpaired) electrons. The number of halogens is 1. The molecule has 0 aliphatic rings. The summed E-state index contributed by atoms with van der Waals surface area (Å²) in [5, 5.41) is 15.2. The minimum absolute atomic E-state index is 0.106. The fraction of sp³-hybridized carbons (Fsp3) is 0.385. The van der Waals surface area contributed by atoms with Gasteiger partial charge in [-0.05, 0) is 19.9 Å². The molecule has 0 amide bonds. The van der Waals surface area contributed by atoms with Crippen LogP contribution < -0.4 is 4.74 Å². The molecule has 1 atom stereocenters. The van der Waals surface area contributed by atoms with Crippen LogP contribution in [0.25, 0.3) is 0 Å². The largest absolute Gasteiger partial charge is 0.493 e. The Morgan fingerprint density at radius 1 is 1.37 bits per heavy atom. The van der Waals surface area contributed by atoms with Crippen LogP contribution in [0, 0.1) is 0 Å². The van der Waals surface area contributed by atoms with Gasteiger partial charge >= 0.3 is 0 Å². The van der Waals surface area contributed by atoms with Crippen molar-refractivity contribution in [3.8, 4) is 5.75 Å². The van der Waals surface area contributed by atoms with E-state index in [-0.39, 0.29) is 6.04 Å². The Labute approximate surface area is 116 Å². The second-order valence-electron chi connectivity index (χ2n) is 4.44. The molecule has 0 aromatic carbocycles. The van der Waals surface area contributed by atoms with E-state index in [9.17, 15) is 5.11 Å². The van der Waals surface area contributed by atoms with E-state index in [0.29, 0.717) is 22.0 Å². The molecule has 0 spiro atoms. The summed E-state index contributed by atoms with van der Waals surface area (Å²) >= 11 is 6.07. The number of nitrogens with zero attached hydrogens (tertiary/aromatic N) is 3. The van der Waals surface area contributed by atoms with Gasteiger partial charge in [-0.25, -0.2) is 0 Å². The van der Waals surface area contributed by atoms with Gasteiger partial charge in [0.2, 0.25) is 0 Å². The Morgan fingerprint density at radius 2 is 2.11 bits per heavy atom. The number of rotatable bonds is 4. The van der Waals surface area contributed by atoms with E-state index in [2.05, 4.69) is 10.1 Å². The van der Waals surface area contributed by atoms with Crippen LogP contribution in [-0.2, 0) is 0 Å². The quantitative estimate of drug-likeness (QED) is 0.936. The fourth-order valence-electron chi connectivity index (χ4n) is 1.94. The maximum absolute atomic E-state index is 10.6. The number of aromatic nitrogens is 3. The summed E-state index contributed by atoms with van der Waals surface area (Å²) in [4.78, 5) is 3.91. The van der Waals surface area contributed by atoms with Gasteiger partial charge in [-0.3, -0.25) is 9.67 Å². The second-order valence-corrected chi connectivity index (χ2v) is 4.84. The molecule has 0 bridgehead atoms. The van der Waals surface area contributed by atoms with Crippen LogP contribution in [0.15, 0.2) is 24.7 Å². The number of aliphatic hydroxyl groups excluding tert-OH is 1. The molecule has 2 heterocycles. The monoisotopic (exact) mass is 281 g/mol. The van der Waals surface area contributed by atoms with Crippen molar-refractivity contribution in [2.75, 3.05) is 7.11 Å². The van der Waals surface area contributed by atoms with Crippen LogP contribution in [0.2, 0.25) is 5.02 Å². The molecule has 2 aromatic heterocycles. The lowest BCUT2D eigenvalue weighted by molar-refractivity contribution is 0.199. The molecule has 0 aliphatic carbocycles. The number of hydrogen-bond donors (Lipinski definition) is 1. The molecule has 2 aromatic rings. The van der Waals surface area contributed by atoms with E-state index < -0.39 is 6.10 Å². The summed E-state index contributed by atoms with van der Waals surface area (Å²) in [5.41, 5.74) is 1.17. The van der Waals surface area contributed by atoms with Crippen molar-refractivity contribution in [2.45, 2.75) is 26.0 Å². The van der Waals surface area contributed by atoms with E-state index >= 15 is 0 Å². The summed E-state index contributed by atoms with van der Waals surface area (Å²) in [7, 11) is 1.55. The summed E-state index contributed by atoms with van der Waals surface area (Å²) < 4.78 is 6.98. The number of methoxy groups -OCH3 is 1. The van der Waals surface area contributed by atoms with Gasteiger partial charge in [0.15, 0.2) is 5.75 Å². The molecule has 0 saturated heterocycles. The molecule has 102 valence electrons. The molecule has 1 unspecified atom stereocenters. The lowest BCUT2D eigenvalue weighted by Gasteiger charge is -2.18. The summed E-state index contributed by atoms with van der Waals surface area (Å²) in [6, 6.07) is 1.79. The van der Waals surface area contributed by atoms with Gasteiger partial charge in [-0.15, -0.1) is 0 Å². The molecular formula is C13H16ClN3O2. The fourth-order valence-corrected chi connectivity index (χ4v) is 2.16. The lowest BCUT2D eigenvalue weighted by Crippen LogP contribution is -2.13. The Kier molecular flexibility index (Phi) is 4.07. The van der Waals surface area contributed by atoms with Gasteiger partial charge < -0.3 is 9.84 Å². The van der Waals surface area contributed by atoms with E-state index in [1.54, 1.807) is 30.3 Å². The van der Waals surface area contributed by atoms with Gasteiger partial charge in [0.05, 0.1) is 18.3 Å². The standard InChI is InChI=1S/C13H16ClN3O2/c1-8(2)17-12(11(19-3)7-16-17)13(18)9-4-5-15-6-10(9)14/h4-8,13,18H,1-3H3. The predicted octanol–water partition coefficient (Wildman–Crippen LogP) is 2.60. The van der Waals surface area contributed by atoms with Crippen molar-refractivity contribution in [3.05, 3.63) is 40.9 Å². The number of ether oxygens (including phenoxy) is 1. The molecule has 0 aliphatic heterocycles. The maximum atomic E-state index is 10.6. The smallest absolute Gasteiger partial charge is 0.163 e. The lowest BCUT2D eigenvalue weighted by atomic mass is 10.1. The highest BCUT2D eigenvalue weighted by Crippen LogP contribution is 2.34. The Hall–Kier alpha value is -1.59. The van der Waals surface area contributed by atoms with E-state index in [0.717, 1.165) is 0 Å². The molecule has 0 fully saturated rings. The van der Waals surface area contributed by atoms with Gasteiger partial charge in [0.1, 0.15) is 11.8 Å². The van der Waals surface area contributed by atoms with Crippen LogP contribution in [0.5, 0.6) is 5.75 Å². The first kappa shape index (κ1) is 13.8. The average molecular weight is 282 g/mol. The van der Waals surface area contributed by atoms with Gasteiger partial charge in [-0.2, -0.15) is 5.10 Å². The highest BCUT2D eigenvalue weighted by molar-refractivity contribution is 6.31. The van der Waals surface area contributed by atoms with Crippen molar-refractivity contribution in [1.29, 1.82) is 0 Å². The molecule has 1 N–H and O–H groups in total. The Morgan fingerprint density at radius 3 is 2.68 bits per heavy atom. The third-order valence-electron chi connectivity index (χ3n) is 2.87. The highest BCUT2D eigenvalue weighted by atomic mass is 35.5. The van der Waals surface area contributed by atoms with Crippen molar-refractivity contribution in [1.82, 2.24) is 14.8 Å². The second kappa shape index (κ2) is 5.59. The first-order valence-corrected chi connectivity index (χ1v) is 6.33. The highest BCUT2D eigenvalue weighted by Gasteiger charge is 2.24. The zero-order chi connectivity index (χ0) is 14.0. The average Bonchev–Trinajstić information content (AvgIpc) is 2.82. The predicted molar refractivity (Wildman–Crippen MR) is 72.5 cm³/mol. The number of pyridine rings is 1. The zero-order valence-electron chi connectivity index (χ0n) is 11.0. The first-order chi connectivity index (χ1) is 9.06.